The Hall–Kier alpha value is -1.40. The summed E-state index contributed by atoms with van der Waals surface area (Å²) >= 11 is 0. The third-order valence-corrected chi connectivity index (χ3v) is 7.37. The molecule has 0 unspecified atom stereocenters. The van der Waals surface area contributed by atoms with Crippen LogP contribution in [0.4, 0.5) is 0 Å². The molecule has 2 aliphatic rings. The quantitative estimate of drug-likeness (QED) is 0.892. The highest BCUT2D eigenvalue weighted by Gasteiger charge is 2.27. The van der Waals surface area contributed by atoms with E-state index >= 15 is 0 Å². The van der Waals surface area contributed by atoms with E-state index in [-0.39, 0.29) is 16.8 Å². The van der Waals surface area contributed by atoms with Gasteiger partial charge in [0.2, 0.25) is 10.0 Å². The van der Waals surface area contributed by atoms with Gasteiger partial charge < -0.3 is 5.32 Å². The number of piperidine rings is 1. The monoisotopic (exact) mass is 364 g/mol. The van der Waals surface area contributed by atoms with Gasteiger partial charge in [-0.1, -0.05) is 32.3 Å². The molecule has 1 aliphatic carbocycles. The topological polar surface area (TPSA) is 66.5 Å². The maximum absolute atomic E-state index is 12.8. The summed E-state index contributed by atoms with van der Waals surface area (Å²) < 4.78 is 27.1. The average molecular weight is 365 g/mol. The Bertz CT molecular complexity index is 711. The van der Waals surface area contributed by atoms with Crippen molar-refractivity contribution in [2.45, 2.75) is 62.8 Å². The molecule has 0 radical (unpaired) electrons. The molecule has 0 spiro atoms. The van der Waals surface area contributed by atoms with E-state index in [4.69, 9.17) is 0 Å². The second kappa shape index (κ2) is 7.87. The van der Waals surface area contributed by atoms with Crippen molar-refractivity contribution >= 4 is 15.9 Å². The van der Waals surface area contributed by atoms with E-state index in [0.29, 0.717) is 24.6 Å². The largest absolute Gasteiger partial charge is 0.349 e. The maximum Gasteiger partial charge on any atom is 0.251 e. The van der Waals surface area contributed by atoms with Gasteiger partial charge in [0.25, 0.3) is 5.91 Å². The summed E-state index contributed by atoms with van der Waals surface area (Å²) in [4.78, 5) is 12.8. The van der Waals surface area contributed by atoms with Crippen molar-refractivity contribution < 1.29 is 13.2 Å². The van der Waals surface area contributed by atoms with Gasteiger partial charge >= 0.3 is 0 Å². The second-order valence-electron chi connectivity index (χ2n) is 7.33. The summed E-state index contributed by atoms with van der Waals surface area (Å²) in [6.07, 6.45) is 7.37. The molecule has 0 aromatic heterocycles. The predicted octanol–water partition coefficient (Wildman–Crippen LogP) is 3.17. The number of hydrogen-bond donors (Lipinski definition) is 1. The Kier molecular flexibility index (Phi) is 5.79. The number of sulfonamides is 1. The molecule has 3 rings (SSSR count). The van der Waals surface area contributed by atoms with Crippen LogP contribution in [0.2, 0.25) is 0 Å². The molecule has 1 heterocycles. The van der Waals surface area contributed by atoms with Crippen molar-refractivity contribution in [2.75, 3.05) is 13.1 Å². The van der Waals surface area contributed by atoms with Crippen molar-refractivity contribution in [1.29, 1.82) is 0 Å². The SMILES string of the molecule is C[C@H]1CCCC[C@H]1NC(=O)c1cccc(S(=O)(=O)N2CCCCC2)c1. The van der Waals surface area contributed by atoms with E-state index in [9.17, 15) is 13.2 Å². The van der Waals surface area contributed by atoms with E-state index in [1.54, 1.807) is 18.2 Å². The van der Waals surface area contributed by atoms with Crippen LogP contribution in [-0.4, -0.2) is 37.8 Å². The number of nitrogens with zero attached hydrogens (tertiary/aromatic N) is 1. The highest BCUT2D eigenvalue weighted by atomic mass is 32.2. The van der Waals surface area contributed by atoms with Gasteiger partial charge in [0.15, 0.2) is 0 Å². The lowest BCUT2D eigenvalue weighted by molar-refractivity contribution is 0.0910. The van der Waals surface area contributed by atoms with E-state index < -0.39 is 10.0 Å². The molecular formula is C19H28N2O3S. The maximum atomic E-state index is 12.8. The van der Waals surface area contributed by atoms with Crippen LogP contribution in [0.1, 0.15) is 62.2 Å². The first-order valence-electron chi connectivity index (χ1n) is 9.39. The molecule has 0 bridgehead atoms. The van der Waals surface area contributed by atoms with Gasteiger partial charge in [-0.05, 0) is 49.8 Å². The Morgan fingerprint density at radius 3 is 2.52 bits per heavy atom. The molecule has 6 heteroatoms. The van der Waals surface area contributed by atoms with Gasteiger partial charge in [-0.25, -0.2) is 8.42 Å². The second-order valence-corrected chi connectivity index (χ2v) is 9.27. The summed E-state index contributed by atoms with van der Waals surface area (Å²) in [6, 6.07) is 6.65. The van der Waals surface area contributed by atoms with Crippen LogP contribution in [0, 0.1) is 5.92 Å². The molecule has 1 aromatic rings. The number of rotatable bonds is 4. The fourth-order valence-electron chi connectivity index (χ4n) is 3.83. The number of amides is 1. The first kappa shape index (κ1) is 18.4. The highest BCUT2D eigenvalue weighted by molar-refractivity contribution is 7.89. The van der Waals surface area contributed by atoms with Crippen LogP contribution in [0.25, 0.3) is 0 Å². The van der Waals surface area contributed by atoms with E-state index in [0.717, 1.165) is 38.5 Å². The molecule has 1 N–H and O–H groups in total. The lowest BCUT2D eigenvalue weighted by atomic mass is 9.86. The number of hydrogen-bond acceptors (Lipinski definition) is 3. The average Bonchev–Trinajstić information content (AvgIpc) is 2.64. The van der Waals surface area contributed by atoms with Crippen LogP contribution in [-0.2, 0) is 10.0 Å². The van der Waals surface area contributed by atoms with Gasteiger partial charge in [-0.2, -0.15) is 4.31 Å². The zero-order valence-electron chi connectivity index (χ0n) is 14.9. The first-order chi connectivity index (χ1) is 12.0. The molecule has 1 aromatic carbocycles. The van der Waals surface area contributed by atoms with Gasteiger partial charge in [0, 0.05) is 24.7 Å². The minimum atomic E-state index is -3.51. The van der Waals surface area contributed by atoms with Crippen molar-refractivity contribution in [3.63, 3.8) is 0 Å². The predicted molar refractivity (Wildman–Crippen MR) is 97.9 cm³/mol. The molecule has 1 saturated heterocycles. The van der Waals surface area contributed by atoms with Crippen LogP contribution in [0.5, 0.6) is 0 Å². The fraction of sp³-hybridized carbons (Fsp3) is 0.632. The number of nitrogens with one attached hydrogen (secondary N) is 1. The smallest absolute Gasteiger partial charge is 0.251 e. The number of carbonyl (C=O) groups is 1. The van der Waals surface area contributed by atoms with Crippen LogP contribution in [0.3, 0.4) is 0 Å². The molecule has 1 saturated carbocycles. The van der Waals surface area contributed by atoms with E-state index in [1.165, 1.54) is 16.8 Å². The first-order valence-corrected chi connectivity index (χ1v) is 10.8. The zero-order chi connectivity index (χ0) is 17.9. The third kappa shape index (κ3) is 4.23. The third-order valence-electron chi connectivity index (χ3n) is 5.48. The molecule has 1 amide bonds. The molecule has 138 valence electrons. The molecule has 5 nitrogen and oxygen atoms in total. The summed E-state index contributed by atoms with van der Waals surface area (Å²) in [5.41, 5.74) is 0.427. The molecule has 2 fully saturated rings. The zero-order valence-corrected chi connectivity index (χ0v) is 15.7. The summed E-state index contributed by atoms with van der Waals surface area (Å²) in [5.74, 6) is 0.299. The van der Waals surface area contributed by atoms with Crippen LogP contribution < -0.4 is 5.32 Å². The van der Waals surface area contributed by atoms with Crippen LogP contribution >= 0.6 is 0 Å². The molecule has 25 heavy (non-hydrogen) atoms. The van der Waals surface area contributed by atoms with Gasteiger partial charge in [-0.15, -0.1) is 0 Å². The minimum absolute atomic E-state index is 0.172. The lowest BCUT2D eigenvalue weighted by Gasteiger charge is -2.29. The Balaban J connectivity index is 1.75. The molecule has 2 atom stereocenters. The molecule has 1 aliphatic heterocycles. The lowest BCUT2D eigenvalue weighted by Crippen LogP contribution is -2.41. The summed E-state index contributed by atoms with van der Waals surface area (Å²) in [7, 11) is -3.51. The van der Waals surface area contributed by atoms with Crippen molar-refractivity contribution in [3.8, 4) is 0 Å². The Morgan fingerprint density at radius 2 is 1.80 bits per heavy atom. The van der Waals surface area contributed by atoms with Crippen molar-refractivity contribution in [2.24, 2.45) is 5.92 Å². The van der Waals surface area contributed by atoms with Gasteiger partial charge in [0.05, 0.1) is 4.90 Å². The minimum Gasteiger partial charge on any atom is -0.349 e. The van der Waals surface area contributed by atoms with E-state index in [1.807, 2.05) is 0 Å². The normalized spacial score (nSPS) is 25.5. The standard InChI is InChI=1S/C19H28N2O3S/c1-15-8-3-4-11-18(15)20-19(22)16-9-7-10-17(14-16)25(23,24)21-12-5-2-6-13-21/h7,9-10,14-15,18H,2-6,8,11-13H2,1H3,(H,20,22)/t15-,18+/m0/s1. The van der Waals surface area contributed by atoms with E-state index in [2.05, 4.69) is 12.2 Å². The van der Waals surface area contributed by atoms with Crippen molar-refractivity contribution in [3.05, 3.63) is 29.8 Å². The number of benzene rings is 1. The summed E-state index contributed by atoms with van der Waals surface area (Å²) in [6.45, 7) is 3.30. The number of carbonyl (C=O) groups excluding carboxylic acids is 1. The van der Waals surface area contributed by atoms with Crippen molar-refractivity contribution in [1.82, 2.24) is 9.62 Å². The van der Waals surface area contributed by atoms with Gasteiger partial charge in [0.1, 0.15) is 0 Å². The van der Waals surface area contributed by atoms with Gasteiger partial charge in [-0.3, -0.25) is 4.79 Å². The fourth-order valence-corrected chi connectivity index (χ4v) is 5.40. The molecular weight excluding hydrogens is 336 g/mol. The summed E-state index contributed by atoms with van der Waals surface area (Å²) in [5, 5.41) is 3.10. The highest BCUT2D eigenvalue weighted by Crippen LogP contribution is 2.25. The Morgan fingerprint density at radius 1 is 1.08 bits per heavy atom. The Labute approximate surface area is 150 Å². The van der Waals surface area contributed by atoms with Crippen LogP contribution in [0.15, 0.2) is 29.2 Å².